The van der Waals surface area contributed by atoms with E-state index in [-0.39, 0.29) is 18.2 Å². The third-order valence-electron chi connectivity index (χ3n) is 2.98. The highest BCUT2D eigenvalue weighted by Gasteiger charge is 2.39. The zero-order valence-electron chi connectivity index (χ0n) is 10.1. The summed E-state index contributed by atoms with van der Waals surface area (Å²) in [4.78, 5) is 0. The molecule has 0 aliphatic carbocycles. The summed E-state index contributed by atoms with van der Waals surface area (Å²) in [5, 5.41) is 2.80. The van der Waals surface area contributed by atoms with Crippen molar-refractivity contribution in [2.75, 3.05) is 19.8 Å². The number of hydrogen-bond acceptors (Lipinski definition) is 2. The lowest BCUT2D eigenvalue weighted by atomic mass is 9.97. The third-order valence-corrected chi connectivity index (χ3v) is 2.98. The van der Waals surface area contributed by atoms with Gasteiger partial charge < -0.3 is 10.1 Å². The Balaban J connectivity index is 2.45. The first kappa shape index (κ1) is 15.1. The molecule has 0 radical (unpaired) electrons. The van der Waals surface area contributed by atoms with Crippen LogP contribution in [0.4, 0.5) is 26.3 Å². The van der Waals surface area contributed by atoms with Gasteiger partial charge in [-0.15, -0.1) is 0 Å². The summed E-state index contributed by atoms with van der Waals surface area (Å²) in [6, 6.07) is 0.896. The fraction of sp³-hybridized carbons (Fsp3) is 0.500. The second kappa shape index (κ2) is 5.25. The van der Waals surface area contributed by atoms with Crippen LogP contribution in [-0.4, -0.2) is 19.8 Å². The van der Waals surface area contributed by atoms with Crippen molar-refractivity contribution in [3.05, 3.63) is 34.9 Å². The van der Waals surface area contributed by atoms with E-state index in [4.69, 9.17) is 4.74 Å². The summed E-state index contributed by atoms with van der Waals surface area (Å²) in [5.74, 6) is 0. The molecule has 0 spiro atoms. The second-order valence-electron chi connectivity index (χ2n) is 4.38. The van der Waals surface area contributed by atoms with Crippen LogP contribution in [0.25, 0.3) is 0 Å². The fourth-order valence-electron chi connectivity index (χ4n) is 2.05. The van der Waals surface area contributed by atoms with Crippen LogP contribution >= 0.6 is 0 Å². The van der Waals surface area contributed by atoms with Crippen LogP contribution in [-0.2, 0) is 17.1 Å². The molecular weight excluding hydrogens is 288 g/mol. The Morgan fingerprint density at radius 2 is 1.75 bits per heavy atom. The molecule has 1 aliphatic rings. The van der Waals surface area contributed by atoms with Gasteiger partial charge in [0.1, 0.15) is 0 Å². The average Bonchev–Trinajstić information content (AvgIpc) is 2.37. The molecule has 1 fully saturated rings. The molecule has 0 aromatic heterocycles. The van der Waals surface area contributed by atoms with Gasteiger partial charge in [0.2, 0.25) is 0 Å². The smallest absolute Gasteiger partial charge is 0.378 e. The van der Waals surface area contributed by atoms with E-state index in [1.165, 1.54) is 0 Å². The first-order valence-corrected chi connectivity index (χ1v) is 5.79. The van der Waals surface area contributed by atoms with Gasteiger partial charge in [-0.05, 0) is 17.7 Å². The van der Waals surface area contributed by atoms with Crippen LogP contribution in [0.2, 0.25) is 0 Å². The van der Waals surface area contributed by atoms with Gasteiger partial charge in [-0.25, -0.2) is 0 Å². The molecule has 1 saturated heterocycles. The van der Waals surface area contributed by atoms with Gasteiger partial charge in [-0.1, -0.05) is 6.07 Å². The molecule has 2 rings (SSSR count). The van der Waals surface area contributed by atoms with Gasteiger partial charge in [0, 0.05) is 6.54 Å². The number of benzene rings is 1. The van der Waals surface area contributed by atoms with Crippen molar-refractivity contribution in [1.82, 2.24) is 5.32 Å². The molecule has 0 amide bonds. The fourth-order valence-corrected chi connectivity index (χ4v) is 2.05. The maximum Gasteiger partial charge on any atom is 0.416 e. The molecule has 1 N–H and O–H groups in total. The minimum Gasteiger partial charge on any atom is -0.378 e. The van der Waals surface area contributed by atoms with Crippen LogP contribution in [0.5, 0.6) is 0 Å². The summed E-state index contributed by atoms with van der Waals surface area (Å²) in [6.07, 6.45) is -9.66. The van der Waals surface area contributed by atoms with Crippen molar-refractivity contribution in [3.63, 3.8) is 0 Å². The van der Waals surface area contributed by atoms with Crippen molar-refractivity contribution in [2.24, 2.45) is 0 Å². The van der Waals surface area contributed by atoms with Crippen LogP contribution in [0.1, 0.15) is 22.7 Å². The molecule has 8 heteroatoms. The highest BCUT2D eigenvalue weighted by Crippen LogP contribution is 2.39. The zero-order chi connectivity index (χ0) is 15.0. The Morgan fingerprint density at radius 3 is 2.25 bits per heavy atom. The Bertz CT molecular complexity index is 476. The standard InChI is InChI=1S/C12H11F6NO/c13-11(14,15)7-1-2-8(9(5-7)12(16,17)18)10-6-20-4-3-19-10/h1-2,5,10,19H,3-4,6H2/t10-/m1/s1. The van der Waals surface area contributed by atoms with Crippen molar-refractivity contribution in [3.8, 4) is 0 Å². The molecule has 20 heavy (non-hydrogen) atoms. The molecule has 2 nitrogen and oxygen atoms in total. The van der Waals surface area contributed by atoms with Gasteiger partial charge in [0.05, 0.1) is 30.4 Å². The van der Waals surface area contributed by atoms with Gasteiger partial charge in [-0.3, -0.25) is 0 Å². The van der Waals surface area contributed by atoms with E-state index in [1.807, 2.05) is 0 Å². The number of morpholine rings is 1. The van der Waals surface area contributed by atoms with E-state index < -0.39 is 29.5 Å². The van der Waals surface area contributed by atoms with Crippen LogP contribution < -0.4 is 5.32 Å². The van der Waals surface area contributed by atoms with E-state index in [2.05, 4.69) is 5.32 Å². The SMILES string of the molecule is FC(F)(F)c1ccc([C@H]2COCCN2)c(C(F)(F)F)c1. The first-order valence-electron chi connectivity index (χ1n) is 5.79. The highest BCUT2D eigenvalue weighted by atomic mass is 19.4. The number of alkyl halides is 6. The van der Waals surface area contributed by atoms with Crippen LogP contribution in [0.15, 0.2) is 18.2 Å². The molecule has 0 saturated carbocycles. The molecule has 0 unspecified atom stereocenters. The Hall–Kier alpha value is -1.28. The number of halogens is 6. The summed E-state index contributed by atoms with van der Waals surface area (Å²) in [6.45, 7) is 0.704. The number of ether oxygens (including phenoxy) is 1. The highest BCUT2D eigenvalue weighted by molar-refractivity contribution is 5.37. The minimum atomic E-state index is -4.85. The Labute approximate surface area is 110 Å². The van der Waals surface area contributed by atoms with Gasteiger partial charge >= 0.3 is 12.4 Å². The third kappa shape index (κ3) is 3.24. The van der Waals surface area contributed by atoms with E-state index in [0.717, 1.165) is 6.07 Å². The second-order valence-corrected chi connectivity index (χ2v) is 4.38. The van der Waals surface area contributed by atoms with Crippen LogP contribution in [0.3, 0.4) is 0 Å². The predicted molar refractivity (Wildman–Crippen MR) is 58.0 cm³/mol. The normalized spacial score (nSPS) is 21.0. The van der Waals surface area contributed by atoms with Crippen molar-refractivity contribution in [1.29, 1.82) is 0 Å². The lowest BCUT2D eigenvalue weighted by molar-refractivity contribution is -0.143. The predicted octanol–water partition coefficient (Wildman–Crippen LogP) is 3.39. The Kier molecular flexibility index (Phi) is 3.97. The molecule has 0 bridgehead atoms. The number of rotatable bonds is 1. The summed E-state index contributed by atoms with van der Waals surface area (Å²) in [7, 11) is 0. The lowest BCUT2D eigenvalue weighted by Gasteiger charge is -2.27. The average molecular weight is 299 g/mol. The molecule has 1 aliphatic heterocycles. The first-order chi connectivity index (χ1) is 9.19. The molecule has 1 heterocycles. The lowest BCUT2D eigenvalue weighted by Crippen LogP contribution is -2.35. The van der Waals surface area contributed by atoms with Crippen molar-refractivity contribution >= 4 is 0 Å². The molecule has 1 aromatic carbocycles. The monoisotopic (exact) mass is 299 g/mol. The van der Waals surface area contributed by atoms with E-state index in [1.54, 1.807) is 0 Å². The largest absolute Gasteiger partial charge is 0.416 e. The van der Waals surface area contributed by atoms with Gasteiger partial charge in [0.25, 0.3) is 0 Å². The van der Waals surface area contributed by atoms with E-state index in [9.17, 15) is 26.3 Å². The summed E-state index contributed by atoms with van der Waals surface area (Å²) >= 11 is 0. The van der Waals surface area contributed by atoms with Gasteiger partial charge in [-0.2, -0.15) is 26.3 Å². The minimum absolute atomic E-state index is 0.00551. The topological polar surface area (TPSA) is 21.3 Å². The van der Waals surface area contributed by atoms with Crippen molar-refractivity contribution in [2.45, 2.75) is 18.4 Å². The maximum atomic E-state index is 12.9. The quantitative estimate of drug-likeness (QED) is 0.803. The summed E-state index contributed by atoms with van der Waals surface area (Å²) < 4.78 is 81.4. The number of nitrogens with one attached hydrogen (secondary N) is 1. The van der Waals surface area contributed by atoms with Crippen LogP contribution in [0, 0.1) is 0 Å². The molecule has 1 aromatic rings. The van der Waals surface area contributed by atoms with Crippen molar-refractivity contribution < 1.29 is 31.1 Å². The van der Waals surface area contributed by atoms with Gasteiger partial charge in [0.15, 0.2) is 0 Å². The zero-order valence-corrected chi connectivity index (χ0v) is 10.1. The van der Waals surface area contributed by atoms with E-state index >= 15 is 0 Å². The number of hydrogen-bond donors (Lipinski definition) is 1. The summed E-state index contributed by atoms with van der Waals surface area (Å²) in [5.41, 5.74) is -2.83. The maximum absolute atomic E-state index is 12.9. The Morgan fingerprint density at radius 1 is 1.05 bits per heavy atom. The van der Waals surface area contributed by atoms with E-state index in [0.29, 0.717) is 19.2 Å². The molecule has 1 atom stereocenters. The molecular formula is C12H11F6NO. The molecule has 112 valence electrons.